The molecule has 1 aliphatic heterocycles. The van der Waals surface area contributed by atoms with Crippen molar-refractivity contribution in [2.45, 2.75) is 23.3 Å². The first-order valence-corrected chi connectivity index (χ1v) is 6.35. The van der Waals surface area contributed by atoms with Gasteiger partial charge in [-0.25, -0.2) is 4.79 Å². The van der Waals surface area contributed by atoms with E-state index in [0.29, 0.717) is 5.94 Å². The van der Waals surface area contributed by atoms with Crippen LogP contribution in [0.4, 0.5) is 0 Å². The number of fused-ring (bicyclic) bond motifs is 1. The van der Waals surface area contributed by atoms with E-state index in [2.05, 4.69) is 4.99 Å². The van der Waals surface area contributed by atoms with Gasteiger partial charge in [-0.15, -0.1) is 0 Å². The fraction of sp³-hybridized carbons (Fsp3) is 0.417. The lowest BCUT2D eigenvalue weighted by molar-refractivity contribution is 0.385. The lowest BCUT2D eigenvalue weighted by Crippen LogP contribution is -2.05. The van der Waals surface area contributed by atoms with Crippen LogP contribution in [-0.4, -0.2) is 19.1 Å². The van der Waals surface area contributed by atoms with E-state index in [1.54, 1.807) is 25.0 Å². The molecule has 1 aromatic carbocycles. The van der Waals surface area contributed by atoms with Crippen LogP contribution in [0.25, 0.3) is 0 Å². The molecule has 0 spiro atoms. The highest BCUT2D eigenvalue weighted by Gasteiger charge is 2.47. The largest absolute Gasteiger partial charge is 0.496 e. The van der Waals surface area contributed by atoms with Gasteiger partial charge < -0.3 is 9.47 Å². The van der Waals surface area contributed by atoms with Gasteiger partial charge in [0.05, 0.1) is 12.0 Å². The maximum absolute atomic E-state index is 10.5. The van der Waals surface area contributed by atoms with Gasteiger partial charge in [0.2, 0.25) is 6.08 Å². The predicted molar refractivity (Wildman–Crippen MR) is 63.4 cm³/mol. The number of isocyanates is 1. The summed E-state index contributed by atoms with van der Waals surface area (Å²) in [6.07, 6.45) is 3.39. The molecular formula is C12H11NO3S. The molecule has 3 rings (SSSR count). The van der Waals surface area contributed by atoms with Crippen molar-refractivity contribution in [3.63, 3.8) is 0 Å². The average molecular weight is 249 g/mol. The number of hydrogen-bond donors (Lipinski definition) is 0. The van der Waals surface area contributed by atoms with E-state index < -0.39 is 5.54 Å². The molecule has 0 amide bonds. The van der Waals surface area contributed by atoms with E-state index in [1.165, 1.54) is 0 Å². The Morgan fingerprint density at radius 3 is 3.00 bits per heavy atom. The Balaban J connectivity index is 2.12. The van der Waals surface area contributed by atoms with Gasteiger partial charge in [0.25, 0.3) is 0 Å². The smallest absolute Gasteiger partial charge is 0.235 e. The highest BCUT2D eigenvalue weighted by atomic mass is 32.2. The zero-order valence-electron chi connectivity index (χ0n) is 9.36. The van der Waals surface area contributed by atoms with Gasteiger partial charge >= 0.3 is 0 Å². The second-order valence-corrected chi connectivity index (χ2v) is 5.10. The Kier molecular flexibility index (Phi) is 2.38. The van der Waals surface area contributed by atoms with Gasteiger partial charge in [-0.2, -0.15) is 4.99 Å². The van der Waals surface area contributed by atoms with Crippen LogP contribution >= 0.6 is 11.8 Å². The molecule has 1 aromatic rings. The molecule has 5 heteroatoms. The molecule has 0 aromatic heterocycles. The summed E-state index contributed by atoms with van der Waals surface area (Å²) in [5.74, 6) is 2.27. The number of thioether (sulfide) groups is 1. The SMILES string of the molecule is COc1cc2c(cc1C1(N=C=O)CC1)OCS2. The lowest BCUT2D eigenvalue weighted by atomic mass is 10.0. The molecule has 0 radical (unpaired) electrons. The standard InChI is InChI=1S/C12H11NO3S/c1-15-9-5-11-10(16-7-17-11)4-8(9)12(2-3-12)13-6-14/h4-5H,2-3,7H2,1H3. The fourth-order valence-electron chi connectivity index (χ4n) is 2.10. The van der Waals surface area contributed by atoms with Crippen LogP contribution in [0.1, 0.15) is 18.4 Å². The molecule has 0 bridgehead atoms. The summed E-state index contributed by atoms with van der Waals surface area (Å²) in [6.45, 7) is 0. The quantitative estimate of drug-likeness (QED) is 0.610. The maximum atomic E-state index is 10.5. The van der Waals surface area contributed by atoms with Crippen molar-refractivity contribution in [2.75, 3.05) is 13.0 Å². The highest BCUT2D eigenvalue weighted by Crippen LogP contribution is 2.54. The Hall–Kier alpha value is -1.45. The minimum absolute atomic E-state index is 0.418. The third-order valence-corrected chi connectivity index (χ3v) is 4.05. The normalized spacial score (nSPS) is 18.9. The zero-order valence-corrected chi connectivity index (χ0v) is 10.2. The van der Waals surface area contributed by atoms with Crippen LogP contribution in [0.15, 0.2) is 22.0 Å². The molecule has 0 unspecified atom stereocenters. The van der Waals surface area contributed by atoms with E-state index in [4.69, 9.17) is 9.47 Å². The van der Waals surface area contributed by atoms with Crippen LogP contribution in [0.2, 0.25) is 0 Å². The molecule has 17 heavy (non-hydrogen) atoms. The predicted octanol–water partition coefficient (Wildman–Crippen LogP) is 2.46. The van der Waals surface area contributed by atoms with Crippen molar-refractivity contribution >= 4 is 17.8 Å². The van der Waals surface area contributed by atoms with E-state index >= 15 is 0 Å². The van der Waals surface area contributed by atoms with E-state index in [-0.39, 0.29) is 0 Å². The van der Waals surface area contributed by atoms with Crippen LogP contribution < -0.4 is 9.47 Å². The van der Waals surface area contributed by atoms with E-state index in [0.717, 1.165) is 34.8 Å². The molecule has 0 saturated heterocycles. The van der Waals surface area contributed by atoms with Gasteiger partial charge in [-0.05, 0) is 25.0 Å². The minimum Gasteiger partial charge on any atom is -0.496 e. The summed E-state index contributed by atoms with van der Waals surface area (Å²) < 4.78 is 10.9. The molecule has 0 N–H and O–H groups in total. The van der Waals surface area contributed by atoms with Gasteiger partial charge in [0.15, 0.2) is 0 Å². The number of nitrogens with zero attached hydrogens (tertiary/aromatic N) is 1. The van der Waals surface area contributed by atoms with Crippen molar-refractivity contribution in [1.82, 2.24) is 0 Å². The Labute approximate surface area is 103 Å². The minimum atomic E-state index is -0.418. The third-order valence-electron chi connectivity index (χ3n) is 3.18. The summed E-state index contributed by atoms with van der Waals surface area (Å²) >= 11 is 1.64. The third kappa shape index (κ3) is 1.63. The number of methoxy groups -OCH3 is 1. The van der Waals surface area contributed by atoms with Crippen LogP contribution in [0.5, 0.6) is 11.5 Å². The van der Waals surface area contributed by atoms with Gasteiger partial charge in [-0.3, -0.25) is 0 Å². The second-order valence-electron chi connectivity index (χ2n) is 4.14. The molecule has 1 saturated carbocycles. The first-order chi connectivity index (χ1) is 8.29. The van der Waals surface area contributed by atoms with Crippen molar-refractivity contribution in [1.29, 1.82) is 0 Å². The molecule has 0 atom stereocenters. The van der Waals surface area contributed by atoms with Crippen molar-refractivity contribution in [3.05, 3.63) is 17.7 Å². The number of rotatable bonds is 3. The average Bonchev–Trinajstić information content (AvgIpc) is 2.98. The van der Waals surface area contributed by atoms with Gasteiger partial charge in [0.1, 0.15) is 23.0 Å². The van der Waals surface area contributed by atoms with Crippen molar-refractivity contribution in [3.8, 4) is 11.5 Å². The first-order valence-electron chi connectivity index (χ1n) is 5.36. The number of benzene rings is 1. The summed E-state index contributed by atoms with van der Waals surface area (Å²) in [5, 5.41) is 0. The monoisotopic (exact) mass is 249 g/mol. The summed E-state index contributed by atoms with van der Waals surface area (Å²) in [7, 11) is 1.63. The number of hydrogen-bond acceptors (Lipinski definition) is 5. The molecule has 1 fully saturated rings. The van der Waals surface area contributed by atoms with Crippen molar-refractivity contribution < 1.29 is 14.3 Å². The molecule has 1 aliphatic carbocycles. The number of carbonyl (C=O) groups excluding carboxylic acids is 1. The Morgan fingerprint density at radius 1 is 1.53 bits per heavy atom. The number of ether oxygens (including phenoxy) is 2. The van der Waals surface area contributed by atoms with Crippen LogP contribution in [-0.2, 0) is 10.3 Å². The summed E-state index contributed by atoms with van der Waals surface area (Å²) in [5.41, 5.74) is 0.517. The summed E-state index contributed by atoms with van der Waals surface area (Å²) in [6, 6.07) is 3.91. The van der Waals surface area contributed by atoms with Crippen LogP contribution in [0, 0.1) is 0 Å². The Morgan fingerprint density at radius 2 is 2.35 bits per heavy atom. The second kappa shape index (κ2) is 3.79. The maximum Gasteiger partial charge on any atom is 0.235 e. The molecule has 1 heterocycles. The van der Waals surface area contributed by atoms with Crippen molar-refractivity contribution in [2.24, 2.45) is 4.99 Å². The Bertz CT molecular complexity index is 519. The molecular weight excluding hydrogens is 238 g/mol. The van der Waals surface area contributed by atoms with E-state index in [1.807, 2.05) is 12.1 Å². The molecule has 88 valence electrons. The van der Waals surface area contributed by atoms with E-state index in [9.17, 15) is 4.79 Å². The highest BCUT2D eigenvalue weighted by molar-refractivity contribution is 7.99. The summed E-state index contributed by atoms with van der Waals surface area (Å²) in [4.78, 5) is 15.5. The van der Waals surface area contributed by atoms with Crippen LogP contribution in [0.3, 0.4) is 0 Å². The fourth-order valence-corrected chi connectivity index (χ4v) is 2.87. The molecule has 2 aliphatic rings. The lowest BCUT2D eigenvalue weighted by Gasteiger charge is -2.14. The van der Waals surface area contributed by atoms with Gasteiger partial charge in [-0.1, -0.05) is 11.8 Å². The number of aliphatic imine (C=N–C) groups is 1. The topological polar surface area (TPSA) is 47.9 Å². The zero-order chi connectivity index (χ0) is 11.9. The van der Waals surface area contributed by atoms with Gasteiger partial charge in [0, 0.05) is 5.56 Å². The molecule has 4 nitrogen and oxygen atoms in total. The first kappa shape index (κ1) is 10.7.